The van der Waals surface area contributed by atoms with E-state index in [2.05, 4.69) is 5.32 Å². The predicted molar refractivity (Wildman–Crippen MR) is 84.2 cm³/mol. The largest absolute Gasteiger partial charge is 0.492 e. The second kappa shape index (κ2) is 7.66. The lowest BCUT2D eigenvalue weighted by Gasteiger charge is -2.15. The number of anilines is 1. The van der Waals surface area contributed by atoms with Gasteiger partial charge in [0.2, 0.25) is 0 Å². The molecule has 1 aromatic rings. The molecule has 1 saturated heterocycles. The molecule has 4 nitrogen and oxygen atoms in total. The maximum Gasteiger partial charge on any atom is 0.253 e. The van der Waals surface area contributed by atoms with Crippen LogP contribution in [0.15, 0.2) is 18.2 Å². The number of halogens is 1. The predicted octanol–water partition coefficient (Wildman–Crippen LogP) is 3.37. The van der Waals surface area contributed by atoms with Gasteiger partial charge in [-0.1, -0.05) is 6.07 Å². The first-order valence-electron chi connectivity index (χ1n) is 7.42. The first kappa shape index (κ1) is 16.1. The minimum Gasteiger partial charge on any atom is -0.492 e. The number of hydrogen-bond acceptors (Lipinski definition) is 3. The number of benzene rings is 1. The van der Waals surface area contributed by atoms with Gasteiger partial charge in [-0.2, -0.15) is 0 Å². The lowest BCUT2D eigenvalue weighted by molar-refractivity contribution is -0.124. The molecule has 1 N–H and O–H groups in total. The Bertz CT molecular complexity index is 484. The van der Waals surface area contributed by atoms with E-state index in [1.807, 2.05) is 32.0 Å². The van der Waals surface area contributed by atoms with E-state index in [1.54, 1.807) is 0 Å². The van der Waals surface area contributed by atoms with Gasteiger partial charge in [-0.15, -0.1) is 11.6 Å². The first-order chi connectivity index (χ1) is 10.1. The molecule has 0 bridgehead atoms. The fourth-order valence-corrected chi connectivity index (χ4v) is 2.57. The molecule has 1 aliphatic heterocycles. The summed E-state index contributed by atoms with van der Waals surface area (Å²) < 4.78 is 11.0. The molecule has 1 aliphatic rings. The summed E-state index contributed by atoms with van der Waals surface area (Å²) in [5.74, 6) is 0.575. The second-order valence-electron chi connectivity index (χ2n) is 5.24. The molecule has 1 heterocycles. The Morgan fingerprint density at radius 1 is 1.57 bits per heavy atom. The summed E-state index contributed by atoms with van der Waals surface area (Å²) in [6, 6.07) is 5.77. The zero-order valence-corrected chi connectivity index (χ0v) is 13.3. The Morgan fingerprint density at radius 3 is 3.00 bits per heavy atom. The van der Waals surface area contributed by atoms with Gasteiger partial charge < -0.3 is 14.8 Å². The Balaban J connectivity index is 2.11. The van der Waals surface area contributed by atoms with Gasteiger partial charge in [0.05, 0.1) is 12.3 Å². The van der Waals surface area contributed by atoms with E-state index in [1.165, 1.54) is 0 Å². The van der Waals surface area contributed by atoms with Gasteiger partial charge in [0, 0.05) is 12.0 Å². The molecule has 0 radical (unpaired) electrons. The van der Waals surface area contributed by atoms with Crippen LogP contribution in [0.2, 0.25) is 0 Å². The van der Waals surface area contributed by atoms with E-state index in [4.69, 9.17) is 21.1 Å². The van der Waals surface area contributed by atoms with Gasteiger partial charge in [-0.3, -0.25) is 4.79 Å². The van der Waals surface area contributed by atoms with E-state index in [9.17, 15) is 4.79 Å². The summed E-state index contributed by atoms with van der Waals surface area (Å²) in [5, 5.41) is 2.96. The van der Waals surface area contributed by atoms with Crippen LogP contribution in [0.1, 0.15) is 32.3 Å². The van der Waals surface area contributed by atoms with E-state index < -0.39 is 0 Å². The highest BCUT2D eigenvalue weighted by molar-refractivity contribution is 6.20. The van der Waals surface area contributed by atoms with Crippen molar-refractivity contribution in [2.75, 3.05) is 18.5 Å². The third kappa shape index (κ3) is 4.61. The average Bonchev–Trinajstić information content (AvgIpc) is 2.95. The maximum atomic E-state index is 12.1. The number of ether oxygens (including phenoxy) is 2. The molecule has 0 spiro atoms. The van der Waals surface area contributed by atoms with Gasteiger partial charge in [0.25, 0.3) is 5.91 Å². The molecule has 116 valence electrons. The third-order valence-corrected chi connectivity index (χ3v) is 3.50. The van der Waals surface area contributed by atoms with Gasteiger partial charge >= 0.3 is 0 Å². The first-order valence-corrected chi connectivity index (χ1v) is 7.86. The fourth-order valence-electron chi connectivity index (χ4n) is 2.39. The smallest absolute Gasteiger partial charge is 0.253 e. The van der Waals surface area contributed by atoms with Crippen LogP contribution in [0.25, 0.3) is 0 Å². The minimum atomic E-state index is -0.345. The Morgan fingerprint density at radius 2 is 2.38 bits per heavy atom. The van der Waals surface area contributed by atoms with E-state index >= 15 is 0 Å². The van der Waals surface area contributed by atoms with Crippen LogP contribution in [0.5, 0.6) is 5.75 Å². The topological polar surface area (TPSA) is 47.6 Å². The van der Waals surface area contributed by atoms with Crippen LogP contribution in [-0.2, 0) is 16.0 Å². The number of alkyl halides is 1. The summed E-state index contributed by atoms with van der Waals surface area (Å²) in [6.45, 7) is 5.07. The molecule has 1 aromatic carbocycles. The number of nitrogens with one attached hydrogen (secondary N) is 1. The molecule has 0 aliphatic carbocycles. The molecular weight excluding hydrogens is 290 g/mol. The van der Waals surface area contributed by atoms with Crippen molar-refractivity contribution in [3.63, 3.8) is 0 Å². The fraction of sp³-hybridized carbons (Fsp3) is 0.562. The van der Waals surface area contributed by atoms with Crippen molar-refractivity contribution in [1.82, 2.24) is 0 Å². The van der Waals surface area contributed by atoms with Gasteiger partial charge in [-0.25, -0.2) is 0 Å². The van der Waals surface area contributed by atoms with Crippen LogP contribution in [0.3, 0.4) is 0 Å². The van der Waals surface area contributed by atoms with Crippen molar-refractivity contribution in [3.8, 4) is 5.75 Å². The number of amides is 1. The van der Waals surface area contributed by atoms with Crippen molar-refractivity contribution >= 4 is 23.2 Å². The molecule has 0 aromatic heterocycles. The maximum absolute atomic E-state index is 12.1. The number of hydrogen-bond donors (Lipinski definition) is 1. The van der Waals surface area contributed by atoms with E-state index in [-0.39, 0.29) is 17.4 Å². The number of rotatable bonds is 6. The van der Waals surface area contributed by atoms with Crippen molar-refractivity contribution in [2.45, 2.75) is 44.6 Å². The van der Waals surface area contributed by atoms with Crippen LogP contribution in [0, 0.1) is 0 Å². The standard InChI is InChI=1S/C16H22ClNO3/c1-3-20-15-10-12(9-11(2)17)6-7-13(15)18-16(19)14-5-4-8-21-14/h6-7,10-11,14H,3-5,8-9H2,1-2H3,(H,18,19). The molecular formula is C16H22ClNO3. The molecule has 1 amide bonds. The second-order valence-corrected chi connectivity index (χ2v) is 5.98. The Hall–Kier alpha value is -1.26. The zero-order valence-electron chi connectivity index (χ0n) is 12.5. The zero-order chi connectivity index (χ0) is 15.2. The van der Waals surface area contributed by atoms with Gasteiger partial charge in [0.1, 0.15) is 11.9 Å². The van der Waals surface area contributed by atoms with Crippen molar-refractivity contribution in [2.24, 2.45) is 0 Å². The van der Waals surface area contributed by atoms with Crippen LogP contribution in [0.4, 0.5) is 5.69 Å². The Labute approximate surface area is 130 Å². The number of carbonyl (C=O) groups is 1. The molecule has 2 rings (SSSR count). The lowest BCUT2D eigenvalue weighted by atomic mass is 10.1. The van der Waals surface area contributed by atoms with Crippen LogP contribution >= 0.6 is 11.6 Å². The van der Waals surface area contributed by atoms with E-state index in [0.717, 1.165) is 24.8 Å². The summed E-state index contributed by atoms with van der Waals surface area (Å²) in [4.78, 5) is 12.1. The van der Waals surface area contributed by atoms with Crippen molar-refractivity contribution in [1.29, 1.82) is 0 Å². The minimum absolute atomic E-state index is 0.0619. The third-order valence-electron chi connectivity index (χ3n) is 3.34. The highest BCUT2D eigenvalue weighted by Gasteiger charge is 2.24. The van der Waals surface area contributed by atoms with Crippen molar-refractivity contribution in [3.05, 3.63) is 23.8 Å². The molecule has 5 heteroatoms. The molecule has 2 atom stereocenters. The SMILES string of the molecule is CCOc1cc(CC(C)Cl)ccc1NC(=O)C1CCCO1. The summed E-state index contributed by atoms with van der Waals surface area (Å²) in [6.07, 6.45) is 2.13. The molecule has 0 saturated carbocycles. The highest BCUT2D eigenvalue weighted by Crippen LogP contribution is 2.28. The van der Waals surface area contributed by atoms with Crippen LogP contribution < -0.4 is 10.1 Å². The molecule has 2 unspecified atom stereocenters. The normalized spacial score (nSPS) is 19.3. The summed E-state index contributed by atoms with van der Waals surface area (Å²) in [5.41, 5.74) is 1.78. The van der Waals surface area contributed by atoms with Gasteiger partial charge in [0.15, 0.2) is 0 Å². The van der Waals surface area contributed by atoms with E-state index in [0.29, 0.717) is 24.7 Å². The van der Waals surface area contributed by atoms with Gasteiger partial charge in [-0.05, 0) is 50.8 Å². The molecule has 21 heavy (non-hydrogen) atoms. The lowest BCUT2D eigenvalue weighted by Crippen LogP contribution is -2.27. The monoisotopic (exact) mass is 311 g/mol. The quantitative estimate of drug-likeness (QED) is 0.819. The number of carbonyl (C=O) groups excluding carboxylic acids is 1. The van der Waals surface area contributed by atoms with Crippen molar-refractivity contribution < 1.29 is 14.3 Å². The average molecular weight is 312 g/mol. The summed E-state index contributed by atoms with van der Waals surface area (Å²) >= 11 is 6.02. The van der Waals surface area contributed by atoms with Crippen LogP contribution in [-0.4, -0.2) is 30.6 Å². The highest BCUT2D eigenvalue weighted by atomic mass is 35.5. The Kier molecular flexibility index (Phi) is 5.88. The molecule has 1 fully saturated rings. The summed E-state index contributed by atoms with van der Waals surface area (Å²) in [7, 11) is 0.